The zero-order valence-electron chi connectivity index (χ0n) is 16.2. The molecule has 0 radical (unpaired) electrons. The lowest BCUT2D eigenvalue weighted by Gasteiger charge is -2.17. The largest absolute Gasteiger partial charge is 0.493 e. The summed E-state index contributed by atoms with van der Waals surface area (Å²) in [6.45, 7) is 0. The fourth-order valence-corrected chi connectivity index (χ4v) is 3.41. The van der Waals surface area contributed by atoms with Crippen molar-refractivity contribution in [2.75, 3.05) is 21.3 Å². The van der Waals surface area contributed by atoms with Crippen molar-refractivity contribution in [2.24, 2.45) is 7.05 Å². The molecule has 0 saturated heterocycles. The first-order valence-corrected chi connectivity index (χ1v) is 8.59. The number of rotatable bonds is 7. The number of aryl methyl sites for hydroxylation is 1. The second kappa shape index (κ2) is 8.00. The third-order valence-corrected chi connectivity index (χ3v) is 4.69. The van der Waals surface area contributed by atoms with E-state index >= 15 is 0 Å². The van der Waals surface area contributed by atoms with Gasteiger partial charge in [-0.25, -0.2) is 0 Å². The molecule has 0 bridgehead atoms. The number of allylic oxidation sites excluding steroid dienone is 1. The van der Waals surface area contributed by atoms with Crippen LogP contribution < -0.4 is 14.2 Å². The van der Waals surface area contributed by atoms with Crippen molar-refractivity contribution in [3.8, 4) is 17.2 Å². The van der Waals surface area contributed by atoms with Gasteiger partial charge < -0.3 is 18.8 Å². The highest BCUT2D eigenvalue weighted by atomic mass is 16.5. The van der Waals surface area contributed by atoms with Crippen LogP contribution in [0.5, 0.6) is 17.2 Å². The molecule has 3 aromatic rings. The maximum Gasteiger partial charge on any atom is 0.203 e. The van der Waals surface area contributed by atoms with Crippen LogP contribution in [0.15, 0.2) is 42.6 Å². The average molecular weight is 379 g/mol. The van der Waals surface area contributed by atoms with Crippen LogP contribution in [0.1, 0.15) is 21.5 Å². The second-order valence-electron chi connectivity index (χ2n) is 6.14. The van der Waals surface area contributed by atoms with Crippen LogP contribution in [-0.2, 0) is 11.8 Å². The van der Waals surface area contributed by atoms with Gasteiger partial charge in [0, 0.05) is 35.3 Å². The number of aromatic nitrogens is 1. The summed E-state index contributed by atoms with van der Waals surface area (Å²) >= 11 is 0. The van der Waals surface area contributed by atoms with Crippen LogP contribution in [-0.4, -0.2) is 38.5 Å². The first-order valence-electron chi connectivity index (χ1n) is 8.59. The van der Waals surface area contributed by atoms with Gasteiger partial charge in [-0.1, -0.05) is 6.07 Å². The van der Waals surface area contributed by atoms with Crippen molar-refractivity contribution >= 4 is 29.0 Å². The van der Waals surface area contributed by atoms with E-state index in [0.717, 1.165) is 29.0 Å². The van der Waals surface area contributed by atoms with E-state index in [1.807, 2.05) is 35.9 Å². The molecule has 0 aliphatic heterocycles. The summed E-state index contributed by atoms with van der Waals surface area (Å²) in [5.41, 5.74) is 3.62. The lowest BCUT2D eigenvalue weighted by molar-refractivity contribution is -0.104. The van der Waals surface area contributed by atoms with Crippen molar-refractivity contribution in [2.45, 2.75) is 0 Å². The molecule has 0 aliphatic rings. The lowest BCUT2D eigenvalue weighted by atomic mass is 9.95. The van der Waals surface area contributed by atoms with Crippen molar-refractivity contribution in [1.29, 1.82) is 0 Å². The van der Waals surface area contributed by atoms with Gasteiger partial charge >= 0.3 is 0 Å². The first kappa shape index (κ1) is 19.2. The number of nitrogens with zero attached hydrogens (tertiary/aromatic N) is 1. The van der Waals surface area contributed by atoms with Gasteiger partial charge in [0.15, 0.2) is 17.8 Å². The molecule has 144 valence electrons. The molecule has 0 unspecified atom stereocenters. The monoisotopic (exact) mass is 379 g/mol. The molecule has 0 saturated carbocycles. The van der Waals surface area contributed by atoms with Crippen LogP contribution in [0, 0.1) is 0 Å². The van der Waals surface area contributed by atoms with Gasteiger partial charge in [0.2, 0.25) is 5.75 Å². The Morgan fingerprint density at radius 2 is 1.71 bits per heavy atom. The molecule has 0 atom stereocenters. The van der Waals surface area contributed by atoms with Gasteiger partial charge in [-0.2, -0.15) is 0 Å². The molecule has 0 amide bonds. The Morgan fingerprint density at radius 1 is 0.964 bits per heavy atom. The van der Waals surface area contributed by atoms with E-state index in [1.165, 1.54) is 20.3 Å². The fourth-order valence-electron chi connectivity index (χ4n) is 3.41. The van der Waals surface area contributed by atoms with E-state index in [-0.39, 0.29) is 0 Å². The van der Waals surface area contributed by atoms with Crippen molar-refractivity contribution in [3.63, 3.8) is 0 Å². The summed E-state index contributed by atoms with van der Waals surface area (Å²) in [6.07, 6.45) is 4.80. The minimum Gasteiger partial charge on any atom is -0.493 e. The molecular formula is C22H21NO5. The highest BCUT2D eigenvalue weighted by Gasteiger charge is 2.20. The molecule has 28 heavy (non-hydrogen) atoms. The number of carbonyl (C=O) groups is 2. The summed E-state index contributed by atoms with van der Waals surface area (Å²) in [5.74, 6) is 1.42. The molecule has 6 heteroatoms. The molecule has 1 aromatic heterocycles. The zero-order chi connectivity index (χ0) is 20.3. The topological polar surface area (TPSA) is 66.8 Å². The maximum absolute atomic E-state index is 11.4. The molecule has 0 spiro atoms. The summed E-state index contributed by atoms with van der Waals surface area (Å²) < 4.78 is 18.3. The molecule has 1 heterocycles. The molecule has 3 rings (SSSR count). The van der Waals surface area contributed by atoms with Gasteiger partial charge in [-0.05, 0) is 41.5 Å². The van der Waals surface area contributed by atoms with E-state index < -0.39 is 0 Å². The van der Waals surface area contributed by atoms with Gasteiger partial charge in [0.1, 0.15) is 6.29 Å². The standard InChI is InChI=1S/C22H21NO5/c1-23-12-15(13-25)18-11-14(5-7-19(18)23)16(9-10-24)17-6-8-20(26-2)22(28-4)21(17)27-3/h5-13H,1-4H3. The zero-order valence-corrected chi connectivity index (χ0v) is 16.2. The number of aldehydes is 2. The summed E-state index contributed by atoms with van der Waals surface area (Å²) in [4.78, 5) is 22.8. The quantitative estimate of drug-likeness (QED) is 0.463. The molecule has 0 aliphatic carbocycles. The molecule has 0 N–H and O–H groups in total. The van der Waals surface area contributed by atoms with Crippen molar-refractivity contribution in [1.82, 2.24) is 4.57 Å². The second-order valence-corrected chi connectivity index (χ2v) is 6.14. The minimum atomic E-state index is 0.439. The number of benzene rings is 2. The first-order chi connectivity index (χ1) is 13.6. The summed E-state index contributed by atoms with van der Waals surface area (Å²) in [6, 6.07) is 9.29. The van der Waals surface area contributed by atoms with Gasteiger partial charge in [0.05, 0.1) is 21.3 Å². The number of hydrogen-bond acceptors (Lipinski definition) is 5. The Morgan fingerprint density at radius 3 is 2.32 bits per heavy atom. The SMILES string of the molecule is COc1ccc(C(=CC=O)c2ccc3c(c2)c(C=O)cn3C)c(OC)c1OC. The van der Waals surface area contributed by atoms with Crippen molar-refractivity contribution in [3.05, 3.63) is 59.3 Å². The fraction of sp³-hybridized carbons (Fsp3) is 0.182. The Hall–Kier alpha value is -3.54. The Kier molecular flexibility index (Phi) is 5.49. The third-order valence-electron chi connectivity index (χ3n) is 4.69. The number of hydrogen-bond donors (Lipinski definition) is 0. The van der Waals surface area contributed by atoms with E-state index in [0.29, 0.717) is 33.9 Å². The Bertz CT molecular complexity index is 1080. The number of fused-ring (bicyclic) bond motifs is 1. The molecule has 6 nitrogen and oxygen atoms in total. The van der Waals surface area contributed by atoms with Gasteiger partial charge in [0.25, 0.3) is 0 Å². The van der Waals surface area contributed by atoms with Crippen LogP contribution in [0.25, 0.3) is 16.5 Å². The number of ether oxygens (including phenoxy) is 3. The predicted molar refractivity (Wildman–Crippen MR) is 108 cm³/mol. The highest BCUT2D eigenvalue weighted by molar-refractivity contribution is 6.01. The molecule has 0 fully saturated rings. The van der Waals surface area contributed by atoms with E-state index in [4.69, 9.17) is 14.2 Å². The predicted octanol–water partition coefficient (Wildman–Crippen LogP) is 3.65. The van der Waals surface area contributed by atoms with E-state index in [9.17, 15) is 9.59 Å². The van der Waals surface area contributed by atoms with Crippen LogP contribution in [0.4, 0.5) is 0 Å². The molecule has 2 aromatic carbocycles. The lowest BCUT2D eigenvalue weighted by Crippen LogP contribution is -2.00. The van der Waals surface area contributed by atoms with Crippen LogP contribution in [0.3, 0.4) is 0 Å². The van der Waals surface area contributed by atoms with Gasteiger partial charge in [-0.3, -0.25) is 9.59 Å². The highest BCUT2D eigenvalue weighted by Crippen LogP contribution is 2.44. The van der Waals surface area contributed by atoms with Crippen molar-refractivity contribution < 1.29 is 23.8 Å². The molecular weight excluding hydrogens is 358 g/mol. The Balaban J connectivity index is 2.26. The third kappa shape index (κ3) is 3.13. The average Bonchev–Trinajstić information content (AvgIpc) is 3.05. The summed E-state index contributed by atoms with van der Waals surface area (Å²) in [7, 11) is 6.49. The minimum absolute atomic E-state index is 0.439. The van der Waals surface area contributed by atoms with Gasteiger partial charge in [-0.15, -0.1) is 0 Å². The van der Waals surface area contributed by atoms with Crippen LogP contribution in [0.2, 0.25) is 0 Å². The van der Waals surface area contributed by atoms with Crippen LogP contribution >= 0.6 is 0 Å². The van der Waals surface area contributed by atoms with E-state index in [1.54, 1.807) is 19.4 Å². The Labute approximate surface area is 162 Å². The van der Waals surface area contributed by atoms with E-state index in [2.05, 4.69) is 0 Å². The maximum atomic E-state index is 11.4. The number of methoxy groups -OCH3 is 3. The smallest absolute Gasteiger partial charge is 0.203 e. The normalized spacial score (nSPS) is 11.4. The number of carbonyl (C=O) groups excluding carboxylic acids is 2. The summed E-state index contributed by atoms with van der Waals surface area (Å²) in [5, 5.41) is 0.811.